The van der Waals surface area contributed by atoms with Gasteiger partial charge in [0.15, 0.2) is 6.10 Å². The number of benzene rings is 2. The zero-order valence-electron chi connectivity index (χ0n) is 20.9. The van der Waals surface area contributed by atoms with E-state index in [-0.39, 0.29) is 23.8 Å². The number of hydrogen-bond donors (Lipinski definition) is 1. The van der Waals surface area contributed by atoms with E-state index in [0.717, 1.165) is 42.6 Å². The Morgan fingerprint density at radius 2 is 1.92 bits per heavy atom. The van der Waals surface area contributed by atoms with E-state index < -0.39 is 6.10 Å². The molecule has 1 fully saturated rings. The topological polar surface area (TPSA) is 71.5 Å². The van der Waals surface area contributed by atoms with Crippen molar-refractivity contribution in [1.29, 1.82) is 0 Å². The number of hydrogen-bond acceptors (Lipinski definition) is 4. The number of nitrogens with zero attached hydrogens (tertiary/aromatic N) is 2. The van der Waals surface area contributed by atoms with Crippen LogP contribution in [0.5, 0.6) is 5.75 Å². The molecule has 186 valence electrons. The zero-order valence-corrected chi connectivity index (χ0v) is 20.9. The summed E-state index contributed by atoms with van der Waals surface area (Å²) in [5.41, 5.74) is 5.54. The van der Waals surface area contributed by atoms with Gasteiger partial charge in [-0.05, 0) is 74.1 Å². The number of pyridine rings is 1. The summed E-state index contributed by atoms with van der Waals surface area (Å²) in [6, 6.07) is 20.1. The number of carbonyl (C=O) groups excluding carboxylic acids is 2. The second kappa shape index (κ2) is 10.5. The van der Waals surface area contributed by atoms with Gasteiger partial charge in [-0.15, -0.1) is 0 Å². The molecular weight excluding hydrogens is 450 g/mol. The molecule has 3 aromatic rings. The van der Waals surface area contributed by atoms with Crippen LogP contribution in [0.4, 0.5) is 0 Å². The normalized spacial score (nSPS) is 17.7. The highest BCUT2D eigenvalue weighted by atomic mass is 16.5. The van der Waals surface area contributed by atoms with E-state index in [1.807, 2.05) is 35.2 Å². The Kier molecular flexibility index (Phi) is 7.03. The van der Waals surface area contributed by atoms with Crippen molar-refractivity contribution in [2.75, 3.05) is 13.1 Å². The maximum Gasteiger partial charge on any atom is 0.260 e. The zero-order chi connectivity index (χ0) is 25.1. The predicted octanol–water partition coefficient (Wildman–Crippen LogP) is 4.40. The fourth-order valence-electron chi connectivity index (χ4n) is 4.84. The van der Waals surface area contributed by atoms with Crippen LogP contribution >= 0.6 is 0 Å². The average Bonchev–Trinajstić information content (AvgIpc) is 3.74. The Morgan fingerprint density at radius 1 is 1.11 bits per heavy atom. The minimum Gasteiger partial charge on any atom is -0.481 e. The van der Waals surface area contributed by atoms with Gasteiger partial charge in [0.05, 0.1) is 6.04 Å². The van der Waals surface area contributed by atoms with Gasteiger partial charge < -0.3 is 15.0 Å². The van der Waals surface area contributed by atoms with Crippen LogP contribution in [-0.2, 0) is 22.4 Å². The highest BCUT2D eigenvalue weighted by molar-refractivity contribution is 5.82. The molecule has 2 aromatic carbocycles. The summed E-state index contributed by atoms with van der Waals surface area (Å²) in [7, 11) is 0. The number of fused-ring (bicyclic) bond motifs is 1. The van der Waals surface area contributed by atoms with Crippen molar-refractivity contribution in [3.63, 3.8) is 0 Å². The summed E-state index contributed by atoms with van der Waals surface area (Å²) in [4.78, 5) is 32.2. The molecule has 0 spiro atoms. The lowest BCUT2D eigenvalue weighted by Crippen LogP contribution is -2.41. The molecule has 1 N–H and O–H groups in total. The molecule has 1 aromatic heterocycles. The maximum atomic E-state index is 13.2. The fourth-order valence-corrected chi connectivity index (χ4v) is 4.84. The van der Waals surface area contributed by atoms with Crippen LogP contribution in [0, 0.1) is 12.8 Å². The molecule has 0 unspecified atom stereocenters. The van der Waals surface area contributed by atoms with Crippen LogP contribution in [0.15, 0.2) is 66.9 Å². The molecule has 1 aliphatic heterocycles. The third-order valence-electron chi connectivity index (χ3n) is 7.04. The molecule has 1 saturated carbocycles. The van der Waals surface area contributed by atoms with Gasteiger partial charge in [-0.25, -0.2) is 0 Å². The van der Waals surface area contributed by atoms with E-state index in [9.17, 15) is 9.59 Å². The van der Waals surface area contributed by atoms with Crippen molar-refractivity contribution in [2.45, 2.75) is 51.7 Å². The molecule has 1 aliphatic carbocycles. The highest BCUT2D eigenvalue weighted by Crippen LogP contribution is 2.41. The molecule has 6 nitrogen and oxygen atoms in total. The summed E-state index contributed by atoms with van der Waals surface area (Å²) in [5.74, 6) is 0.884. The number of aryl methyl sites for hydroxylation is 1. The lowest BCUT2D eigenvalue weighted by atomic mass is 9.87. The minimum absolute atomic E-state index is 0.145. The first-order valence-corrected chi connectivity index (χ1v) is 12.8. The molecule has 36 heavy (non-hydrogen) atoms. The first-order chi connectivity index (χ1) is 17.5. The molecule has 6 heteroatoms. The Morgan fingerprint density at radius 3 is 2.64 bits per heavy atom. The molecule has 0 saturated heterocycles. The van der Waals surface area contributed by atoms with E-state index in [1.165, 1.54) is 11.1 Å². The summed E-state index contributed by atoms with van der Waals surface area (Å²) in [6.07, 6.45) is 4.57. The van der Waals surface area contributed by atoms with E-state index in [4.69, 9.17) is 4.74 Å². The Balaban J connectivity index is 1.32. The van der Waals surface area contributed by atoms with E-state index in [2.05, 4.69) is 47.6 Å². The van der Waals surface area contributed by atoms with Gasteiger partial charge in [0, 0.05) is 37.3 Å². The first kappa shape index (κ1) is 24.0. The van der Waals surface area contributed by atoms with Gasteiger partial charge in [-0.2, -0.15) is 0 Å². The number of aromatic nitrogens is 1. The van der Waals surface area contributed by atoms with Crippen LogP contribution in [0.2, 0.25) is 0 Å². The van der Waals surface area contributed by atoms with Gasteiger partial charge in [0.1, 0.15) is 5.75 Å². The van der Waals surface area contributed by atoms with Crippen molar-refractivity contribution in [3.05, 3.63) is 94.8 Å². The molecule has 5 rings (SSSR count). The predicted molar refractivity (Wildman–Crippen MR) is 139 cm³/mol. The van der Waals surface area contributed by atoms with E-state index in [1.54, 1.807) is 13.1 Å². The van der Waals surface area contributed by atoms with Crippen LogP contribution in [0.1, 0.15) is 53.8 Å². The second-order valence-corrected chi connectivity index (χ2v) is 9.85. The molecule has 2 atom stereocenters. The molecular formula is C30H33N3O3. The molecule has 2 aliphatic rings. The summed E-state index contributed by atoms with van der Waals surface area (Å²) in [6.45, 7) is 5.05. The molecule has 0 bridgehead atoms. The van der Waals surface area contributed by atoms with Crippen LogP contribution in [-0.4, -0.2) is 40.9 Å². The van der Waals surface area contributed by atoms with Crippen molar-refractivity contribution in [2.24, 2.45) is 5.92 Å². The van der Waals surface area contributed by atoms with Gasteiger partial charge in [0.25, 0.3) is 5.91 Å². The lowest BCUT2D eigenvalue weighted by Gasteiger charge is -2.38. The van der Waals surface area contributed by atoms with Crippen LogP contribution in [0.25, 0.3) is 0 Å². The number of ether oxygens (including phenoxy) is 1. The van der Waals surface area contributed by atoms with Gasteiger partial charge >= 0.3 is 0 Å². The largest absolute Gasteiger partial charge is 0.481 e. The number of amides is 2. The van der Waals surface area contributed by atoms with Gasteiger partial charge in [0.2, 0.25) is 5.91 Å². The number of carbonyl (C=O) groups is 2. The number of nitrogens with one attached hydrogen (secondary N) is 1. The third-order valence-corrected chi connectivity index (χ3v) is 7.04. The van der Waals surface area contributed by atoms with E-state index >= 15 is 0 Å². The van der Waals surface area contributed by atoms with Crippen molar-refractivity contribution >= 4 is 11.8 Å². The van der Waals surface area contributed by atoms with Gasteiger partial charge in [-0.3, -0.25) is 14.6 Å². The lowest BCUT2D eigenvalue weighted by molar-refractivity contribution is -0.134. The standard InChI is InChI=1S/C30H33N3O3/c1-20-6-8-23(9-7-20)28-27-19-26(13-12-22(27)15-18-33(28)30(35)24-10-11-24)36-21(2)29(34)32-17-14-25-5-3-4-16-31-25/h3-9,12-13,16,19,21,24,28H,10-11,14-15,17-18H2,1-2H3,(H,32,34)/t21-,28-/m0/s1. The second-order valence-electron chi connectivity index (χ2n) is 9.85. The smallest absolute Gasteiger partial charge is 0.260 e. The molecule has 2 amide bonds. The Hall–Kier alpha value is -3.67. The van der Waals surface area contributed by atoms with Crippen LogP contribution < -0.4 is 10.1 Å². The summed E-state index contributed by atoms with van der Waals surface area (Å²) < 4.78 is 6.07. The maximum absolute atomic E-state index is 13.2. The van der Waals surface area contributed by atoms with Crippen molar-refractivity contribution in [3.8, 4) is 5.75 Å². The first-order valence-electron chi connectivity index (χ1n) is 12.8. The van der Waals surface area contributed by atoms with Gasteiger partial charge in [-0.1, -0.05) is 42.0 Å². The molecule has 2 heterocycles. The van der Waals surface area contributed by atoms with E-state index in [0.29, 0.717) is 18.7 Å². The monoisotopic (exact) mass is 483 g/mol. The van der Waals surface area contributed by atoms with Crippen molar-refractivity contribution < 1.29 is 14.3 Å². The van der Waals surface area contributed by atoms with Crippen LogP contribution in [0.3, 0.4) is 0 Å². The number of rotatable bonds is 8. The Labute approximate surface area is 212 Å². The highest BCUT2D eigenvalue weighted by Gasteiger charge is 2.39. The fraction of sp³-hybridized carbons (Fsp3) is 0.367. The third kappa shape index (κ3) is 5.43. The quantitative estimate of drug-likeness (QED) is 0.516. The minimum atomic E-state index is -0.641. The SMILES string of the molecule is Cc1ccc([C@H]2c3cc(O[C@@H](C)C(=O)NCCc4ccccn4)ccc3CCN2C(=O)C2CC2)cc1. The van der Waals surface area contributed by atoms with Crippen molar-refractivity contribution in [1.82, 2.24) is 15.2 Å². The Bertz CT molecular complexity index is 1220. The summed E-state index contributed by atoms with van der Waals surface area (Å²) in [5, 5.41) is 2.94. The summed E-state index contributed by atoms with van der Waals surface area (Å²) >= 11 is 0. The molecule has 0 radical (unpaired) electrons. The average molecular weight is 484 g/mol.